The van der Waals surface area contributed by atoms with Crippen LogP contribution < -0.4 is 4.74 Å². The molecule has 122 valence electrons. The number of benzene rings is 2. The highest BCUT2D eigenvalue weighted by Gasteiger charge is 2.33. The summed E-state index contributed by atoms with van der Waals surface area (Å²) in [6, 6.07) is 14.0. The van der Waals surface area contributed by atoms with Crippen molar-refractivity contribution >= 4 is 5.91 Å². The third kappa shape index (κ3) is 4.74. The van der Waals surface area contributed by atoms with Crippen LogP contribution in [0.15, 0.2) is 54.6 Å². The van der Waals surface area contributed by atoms with Crippen molar-refractivity contribution in [1.82, 2.24) is 4.90 Å². The van der Waals surface area contributed by atoms with Crippen molar-refractivity contribution in [3.8, 4) is 5.75 Å². The highest BCUT2D eigenvalue weighted by atomic mass is 19.4. The minimum atomic E-state index is -4.44. The third-order valence-electron chi connectivity index (χ3n) is 3.26. The Morgan fingerprint density at radius 3 is 2.30 bits per heavy atom. The number of nitrogens with zero attached hydrogens (tertiary/aromatic N) is 1. The van der Waals surface area contributed by atoms with Crippen molar-refractivity contribution in [2.75, 3.05) is 13.7 Å². The lowest BCUT2D eigenvalue weighted by molar-refractivity contribution is -0.140. The van der Waals surface area contributed by atoms with Gasteiger partial charge in [0.25, 0.3) is 5.91 Å². The van der Waals surface area contributed by atoms with Crippen LogP contribution in [-0.4, -0.2) is 24.5 Å². The predicted molar refractivity (Wildman–Crippen MR) is 79.9 cm³/mol. The monoisotopic (exact) mass is 323 g/mol. The van der Waals surface area contributed by atoms with Gasteiger partial charge in [-0.05, 0) is 23.8 Å². The number of ether oxygens (including phenoxy) is 1. The van der Waals surface area contributed by atoms with Gasteiger partial charge in [-0.2, -0.15) is 13.2 Å². The van der Waals surface area contributed by atoms with E-state index in [0.717, 1.165) is 6.07 Å². The van der Waals surface area contributed by atoms with Gasteiger partial charge in [-0.1, -0.05) is 36.4 Å². The maximum Gasteiger partial charge on any atom is 0.416 e. The summed E-state index contributed by atoms with van der Waals surface area (Å²) in [6.07, 6.45) is -4.44. The first-order valence-corrected chi connectivity index (χ1v) is 6.95. The Labute approximate surface area is 132 Å². The first-order valence-electron chi connectivity index (χ1n) is 6.95. The molecule has 6 heteroatoms. The van der Waals surface area contributed by atoms with Crippen molar-refractivity contribution in [2.45, 2.75) is 12.7 Å². The number of hydrogen-bond donors (Lipinski definition) is 0. The van der Waals surface area contributed by atoms with Gasteiger partial charge in [-0.25, -0.2) is 0 Å². The smallest absolute Gasteiger partial charge is 0.416 e. The normalized spacial score (nSPS) is 11.1. The molecule has 0 N–H and O–H groups in total. The molecule has 2 rings (SSSR count). The summed E-state index contributed by atoms with van der Waals surface area (Å²) in [6.45, 7) is -0.360. The molecule has 0 saturated carbocycles. The third-order valence-corrected chi connectivity index (χ3v) is 3.26. The van der Waals surface area contributed by atoms with Crippen molar-refractivity contribution in [2.24, 2.45) is 0 Å². The highest BCUT2D eigenvalue weighted by Crippen LogP contribution is 2.32. The van der Waals surface area contributed by atoms with E-state index in [4.69, 9.17) is 4.74 Å². The first-order chi connectivity index (χ1) is 10.9. The van der Waals surface area contributed by atoms with Crippen molar-refractivity contribution in [3.63, 3.8) is 0 Å². The maximum atomic E-state index is 12.9. The fourth-order valence-corrected chi connectivity index (χ4v) is 2.05. The lowest BCUT2D eigenvalue weighted by Crippen LogP contribution is -2.31. The maximum absolute atomic E-state index is 12.9. The Kier molecular flexibility index (Phi) is 5.26. The zero-order chi connectivity index (χ0) is 16.9. The van der Waals surface area contributed by atoms with Gasteiger partial charge in [0.05, 0.1) is 5.56 Å². The summed E-state index contributed by atoms with van der Waals surface area (Å²) >= 11 is 0. The predicted octanol–water partition coefficient (Wildman–Crippen LogP) is 3.74. The molecule has 0 aliphatic heterocycles. The van der Waals surface area contributed by atoms with Gasteiger partial charge in [0, 0.05) is 13.6 Å². The van der Waals surface area contributed by atoms with E-state index in [1.165, 1.54) is 30.1 Å². The molecule has 0 aliphatic carbocycles. The number of para-hydroxylation sites is 1. The summed E-state index contributed by atoms with van der Waals surface area (Å²) in [5.74, 6) is 0.135. The van der Waals surface area contributed by atoms with E-state index >= 15 is 0 Å². The summed E-state index contributed by atoms with van der Waals surface area (Å²) in [7, 11) is 1.45. The van der Waals surface area contributed by atoms with Crippen LogP contribution in [0.4, 0.5) is 13.2 Å². The van der Waals surface area contributed by atoms with Crippen LogP contribution in [0.1, 0.15) is 11.1 Å². The summed E-state index contributed by atoms with van der Waals surface area (Å²) in [5, 5.41) is 0. The molecular formula is C17H16F3NO2. The molecule has 0 radical (unpaired) electrons. The number of carbonyl (C=O) groups is 1. The first kappa shape index (κ1) is 16.9. The van der Waals surface area contributed by atoms with E-state index in [-0.39, 0.29) is 18.7 Å². The van der Waals surface area contributed by atoms with Crippen LogP contribution in [0, 0.1) is 0 Å². The molecule has 0 fully saturated rings. The van der Waals surface area contributed by atoms with Gasteiger partial charge in [0.2, 0.25) is 0 Å². The van der Waals surface area contributed by atoms with Gasteiger partial charge >= 0.3 is 6.18 Å². The Hall–Kier alpha value is -2.50. The fraction of sp³-hybridized carbons (Fsp3) is 0.235. The molecule has 0 aliphatic rings. The van der Waals surface area contributed by atoms with Gasteiger partial charge < -0.3 is 9.64 Å². The standard InChI is InChI=1S/C17H16F3NO2/c1-21(16(22)12-23-14-8-3-2-4-9-14)11-13-7-5-6-10-15(13)17(18,19)20/h2-10H,11-12H2,1H3. The van der Waals surface area contributed by atoms with Crippen molar-refractivity contribution < 1.29 is 22.7 Å². The average molecular weight is 323 g/mol. The Balaban J connectivity index is 1.99. The van der Waals surface area contributed by atoms with Crippen LogP contribution >= 0.6 is 0 Å². The average Bonchev–Trinajstić information content (AvgIpc) is 2.53. The van der Waals surface area contributed by atoms with E-state index in [0.29, 0.717) is 5.75 Å². The lowest BCUT2D eigenvalue weighted by Gasteiger charge is -2.20. The van der Waals surface area contributed by atoms with Crippen molar-refractivity contribution in [3.05, 3.63) is 65.7 Å². The minimum absolute atomic E-state index is 0.0514. The minimum Gasteiger partial charge on any atom is -0.484 e. The van der Waals surface area contributed by atoms with Crippen LogP contribution in [0.5, 0.6) is 5.75 Å². The van der Waals surface area contributed by atoms with Gasteiger partial charge in [0.15, 0.2) is 6.61 Å². The second-order valence-corrected chi connectivity index (χ2v) is 5.01. The van der Waals surface area contributed by atoms with Crippen LogP contribution in [0.25, 0.3) is 0 Å². The number of rotatable bonds is 5. The molecule has 0 spiro atoms. The number of carbonyl (C=O) groups excluding carboxylic acids is 1. The Morgan fingerprint density at radius 1 is 1.04 bits per heavy atom. The van der Waals surface area contributed by atoms with E-state index in [9.17, 15) is 18.0 Å². The quantitative estimate of drug-likeness (QED) is 0.839. The van der Waals surface area contributed by atoms with Crippen LogP contribution in [0.2, 0.25) is 0 Å². The second-order valence-electron chi connectivity index (χ2n) is 5.01. The van der Waals surface area contributed by atoms with E-state index in [1.807, 2.05) is 6.07 Å². The number of alkyl halides is 3. The number of halogens is 3. The highest BCUT2D eigenvalue weighted by molar-refractivity contribution is 5.77. The van der Waals surface area contributed by atoms with Gasteiger partial charge in [0.1, 0.15) is 5.75 Å². The topological polar surface area (TPSA) is 29.5 Å². The SMILES string of the molecule is CN(Cc1ccccc1C(F)(F)F)C(=O)COc1ccccc1. The molecule has 0 bridgehead atoms. The molecule has 1 amide bonds. The number of likely N-dealkylation sites (N-methyl/N-ethyl adjacent to an activating group) is 1. The van der Waals surface area contributed by atoms with Crippen LogP contribution in [0.3, 0.4) is 0 Å². The molecule has 2 aromatic rings. The molecule has 0 atom stereocenters. The summed E-state index contributed by atoms with van der Waals surface area (Å²) in [5.41, 5.74) is -0.681. The Morgan fingerprint density at radius 2 is 1.65 bits per heavy atom. The molecule has 0 saturated heterocycles. The second kappa shape index (κ2) is 7.17. The fourth-order valence-electron chi connectivity index (χ4n) is 2.05. The molecule has 23 heavy (non-hydrogen) atoms. The number of hydrogen-bond acceptors (Lipinski definition) is 2. The molecule has 0 heterocycles. The summed E-state index contributed by atoms with van der Waals surface area (Å²) in [4.78, 5) is 13.2. The van der Waals surface area contributed by atoms with E-state index in [1.54, 1.807) is 24.3 Å². The molecular weight excluding hydrogens is 307 g/mol. The summed E-state index contributed by atoms with van der Waals surface area (Å²) < 4.78 is 44.1. The largest absolute Gasteiger partial charge is 0.484 e. The van der Waals surface area contributed by atoms with Crippen molar-refractivity contribution in [1.29, 1.82) is 0 Å². The van der Waals surface area contributed by atoms with Gasteiger partial charge in [-0.15, -0.1) is 0 Å². The van der Waals surface area contributed by atoms with E-state index < -0.39 is 17.6 Å². The Bertz CT molecular complexity index is 656. The lowest BCUT2D eigenvalue weighted by atomic mass is 10.1. The molecule has 0 aromatic heterocycles. The number of amides is 1. The zero-order valence-corrected chi connectivity index (χ0v) is 12.5. The molecule has 0 unspecified atom stereocenters. The van der Waals surface area contributed by atoms with Gasteiger partial charge in [-0.3, -0.25) is 4.79 Å². The molecule has 3 nitrogen and oxygen atoms in total. The van der Waals surface area contributed by atoms with E-state index in [2.05, 4.69) is 0 Å². The van der Waals surface area contributed by atoms with Crippen LogP contribution in [-0.2, 0) is 17.5 Å². The molecule has 2 aromatic carbocycles. The zero-order valence-electron chi connectivity index (χ0n) is 12.5.